The third-order valence-corrected chi connectivity index (χ3v) is 3.27. The van der Waals surface area contributed by atoms with Gasteiger partial charge in [-0.05, 0) is 32.0 Å². The standard InChI is InChI=1S/C17H16N2O5/c1-11(20)15-8-3-4-9-16(15)18-17(21)12(2)24-14-7-5-6-13(10-14)19(22)23/h3-10,12H,1-2H3,(H,18,21)/t12-/m1/s1. The Bertz CT molecular complexity index is 788. The summed E-state index contributed by atoms with van der Waals surface area (Å²) in [5, 5.41) is 13.4. The summed E-state index contributed by atoms with van der Waals surface area (Å²) in [5.41, 5.74) is 0.667. The van der Waals surface area contributed by atoms with Gasteiger partial charge in [0.2, 0.25) is 0 Å². The Morgan fingerprint density at radius 3 is 2.54 bits per heavy atom. The zero-order chi connectivity index (χ0) is 17.7. The van der Waals surface area contributed by atoms with E-state index in [1.807, 2.05) is 0 Å². The highest BCUT2D eigenvalue weighted by molar-refractivity contribution is 6.04. The molecular formula is C17H16N2O5. The van der Waals surface area contributed by atoms with Crippen molar-refractivity contribution in [1.29, 1.82) is 0 Å². The molecule has 0 unspecified atom stereocenters. The first-order valence-electron chi connectivity index (χ1n) is 7.20. The third kappa shape index (κ3) is 4.16. The normalized spacial score (nSPS) is 11.4. The molecule has 0 heterocycles. The number of hydrogen-bond acceptors (Lipinski definition) is 5. The van der Waals surface area contributed by atoms with Crippen LogP contribution in [0.4, 0.5) is 11.4 Å². The van der Waals surface area contributed by atoms with Crippen LogP contribution in [0, 0.1) is 10.1 Å². The molecule has 0 saturated carbocycles. The number of ether oxygens (including phenoxy) is 1. The second-order valence-electron chi connectivity index (χ2n) is 5.11. The van der Waals surface area contributed by atoms with Gasteiger partial charge in [-0.3, -0.25) is 19.7 Å². The molecule has 1 N–H and O–H groups in total. The van der Waals surface area contributed by atoms with Crippen molar-refractivity contribution in [1.82, 2.24) is 0 Å². The van der Waals surface area contributed by atoms with E-state index in [0.717, 1.165) is 0 Å². The highest BCUT2D eigenvalue weighted by atomic mass is 16.6. The van der Waals surface area contributed by atoms with Crippen molar-refractivity contribution in [2.24, 2.45) is 0 Å². The number of carbonyl (C=O) groups excluding carboxylic acids is 2. The van der Waals surface area contributed by atoms with Crippen LogP contribution in [0.1, 0.15) is 24.2 Å². The second kappa shape index (κ2) is 7.36. The van der Waals surface area contributed by atoms with Gasteiger partial charge in [0.1, 0.15) is 5.75 Å². The van der Waals surface area contributed by atoms with Crippen LogP contribution in [-0.4, -0.2) is 22.7 Å². The van der Waals surface area contributed by atoms with Gasteiger partial charge in [0.15, 0.2) is 11.9 Å². The topological polar surface area (TPSA) is 98.5 Å². The predicted molar refractivity (Wildman–Crippen MR) is 88.3 cm³/mol. The number of anilines is 1. The quantitative estimate of drug-likeness (QED) is 0.499. The van der Waals surface area contributed by atoms with Crippen molar-refractivity contribution < 1.29 is 19.2 Å². The zero-order valence-electron chi connectivity index (χ0n) is 13.2. The maximum absolute atomic E-state index is 12.2. The molecule has 2 rings (SSSR count). The van der Waals surface area contributed by atoms with E-state index in [9.17, 15) is 19.7 Å². The lowest BCUT2D eigenvalue weighted by Gasteiger charge is -2.15. The number of nitro groups is 1. The predicted octanol–water partition coefficient (Wildman–Crippen LogP) is 3.20. The van der Waals surface area contributed by atoms with E-state index in [1.165, 1.54) is 38.1 Å². The van der Waals surface area contributed by atoms with Gasteiger partial charge in [-0.25, -0.2) is 0 Å². The maximum atomic E-state index is 12.2. The van der Waals surface area contributed by atoms with Crippen LogP contribution in [0.2, 0.25) is 0 Å². The van der Waals surface area contributed by atoms with Gasteiger partial charge in [0.25, 0.3) is 11.6 Å². The van der Waals surface area contributed by atoms with Crippen molar-refractivity contribution in [2.75, 3.05) is 5.32 Å². The van der Waals surface area contributed by atoms with E-state index in [0.29, 0.717) is 11.3 Å². The SMILES string of the molecule is CC(=O)c1ccccc1NC(=O)[C@@H](C)Oc1cccc([N+](=O)[O-])c1. The Balaban J connectivity index is 2.09. The maximum Gasteiger partial charge on any atom is 0.273 e. The van der Waals surface area contributed by atoms with Gasteiger partial charge < -0.3 is 10.1 Å². The summed E-state index contributed by atoms with van der Waals surface area (Å²) < 4.78 is 5.44. The molecule has 0 aliphatic heterocycles. The largest absolute Gasteiger partial charge is 0.481 e. The first-order valence-corrected chi connectivity index (χ1v) is 7.20. The van der Waals surface area contributed by atoms with E-state index in [4.69, 9.17) is 4.74 Å². The lowest BCUT2D eigenvalue weighted by molar-refractivity contribution is -0.384. The molecule has 124 valence electrons. The van der Waals surface area contributed by atoms with Crippen LogP contribution < -0.4 is 10.1 Å². The van der Waals surface area contributed by atoms with E-state index in [1.54, 1.807) is 24.3 Å². The Hall–Kier alpha value is -3.22. The fraction of sp³-hybridized carbons (Fsp3) is 0.176. The molecule has 1 atom stereocenters. The molecular weight excluding hydrogens is 312 g/mol. The number of carbonyl (C=O) groups is 2. The monoisotopic (exact) mass is 328 g/mol. The summed E-state index contributed by atoms with van der Waals surface area (Å²) in [7, 11) is 0. The van der Waals surface area contributed by atoms with Crippen LogP contribution in [-0.2, 0) is 4.79 Å². The molecule has 2 aromatic carbocycles. The van der Waals surface area contributed by atoms with Crippen LogP contribution in [0.3, 0.4) is 0 Å². The van der Waals surface area contributed by atoms with Crippen LogP contribution in [0.5, 0.6) is 5.75 Å². The highest BCUT2D eigenvalue weighted by Crippen LogP contribution is 2.21. The van der Waals surface area contributed by atoms with Crippen molar-refractivity contribution in [3.63, 3.8) is 0 Å². The van der Waals surface area contributed by atoms with Gasteiger partial charge in [-0.2, -0.15) is 0 Å². The summed E-state index contributed by atoms with van der Waals surface area (Å²) in [4.78, 5) is 34.0. The Morgan fingerprint density at radius 2 is 1.88 bits per heavy atom. The summed E-state index contributed by atoms with van der Waals surface area (Å²) in [5.74, 6) is -0.417. The van der Waals surface area contributed by atoms with Crippen molar-refractivity contribution in [3.8, 4) is 5.75 Å². The summed E-state index contributed by atoms with van der Waals surface area (Å²) in [6.45, 7) is 2.93. The molecule has 0 saturated heterocycles. The van der Waals surface area contributed by atoms with Gasteiger partial charge in [0.05, 0.1) is 16.7 Å². The minimum absolute atomic E-state index is 0.123. The number of non-ortho nitro benzene ring substituents is 1. The highest BCUT2D eigenvalue weighted by Gasteiger charge is 2.18. The molecule has 0 bridgehead atoms. The average molecular weight is 328 g/mol. The number of rotatable bonds is 6. The second-order valence-corrected chi connectivity index (χ2v) is 5.11. The average Bonchev–Trinajstić information content (AvgIpc) is 2.55. The number of amides is 1. The smallest absolute Gasteiger partial charge is 0.273 e. The molecule has 24 heavy (non-hydrogen) atoms. The molecule has 7 heteroatoms. The number of para-hydroxylation sites is 1. The fourth-order valence-electron chi connectivity index (χ4n) is 2.06. The first kappa shape index (κ1) is 17.1. The van der Waals surface area contributed by atoms with E-state index < -0.39 is 16.9 Å². The molecule has 0 aromatic heterocycles. The van der Waals surface area contributed by atoms with E-state index in [2.05, 4.69) is 5.32 Å². The van der Waals surface area contributed by atoms with Gasteiger partial charge >= 0.3 is 0 Å². The molecule has 0 radical (unpaired) electrons. The van der Waals surface area contributed by atoms with E-state index >= 15 is 0 Å². The van der Waals surface area contributed by atoms with Crippen LogP contribution in [0.25, 0.3) is 0 Å². The Morgan fingerprint density at radius 1 is 1.17 bits per heavy atom. The lowest BCUT2D eigenvalue weighted by atomic mass is 10.1. The number of ketones is 1. The minimum atomic E-state index is -0.896. The minimum Gasteiger partial charge on any atom is -0.481 e. The third-order valence-electron chi connectivity index (χ3n) is 3.27. The van der Waals surface area contributed by atoms with Crippen LogP contribution >= 0.6 is 0 Å². The summed E-state index contributed by atoms with van der Waals surface area (Å²) in [6.07, 6.45) is -0.896. The zero-order valence-corrected chi connectivity index (χ0v) is 13.2. The number of Topliss-reactive ketones (excluding diaryl/α,β-unsaturated/α-hetero) is 1. The van der Waals surface area contributed by atoms with E-state index in [-0.39, 0.29) is 17.2 Å². The summed E-state index contributed by atoms with van der Waals surface area (Å²) >= 11 is 0. The number of hydrogen-bond donors (Lipinski definition) is 1. The fourth-order valence-corrected chi connectivity index (χ4v) is 2.06. The lowest BCUT2D eigenvalue weighted by Crippen LogP contribution is -2.30. The molecule has 0 aliphatic carbocycles. The van der Waals surface area contributed by atoms with Crippen molar-refractivity contribution >= 4 is 23.1 Å². The van der Waals surface area contributed by atoms with Gasteiger partial charge in [-0.1, -0.05) is 18.2 Å². The van der Waals surface area contributed by atoms with Gasteiger partial charge in [0, 0.05) is 11.6 Å². The molecule has 0 spiro atoms. The molecule has 2 aromatic rings. The number of benzene rings is 2. The Kier molecular flexibility index (Phi) is 5.26. The summed E-state index contributed by atoms with van der Waals surface area (Å²) in [6, 6.07) is 12.2. The molecule has 7 nitrogen and oxygen atoms in total. The number of nitrogens with zero attached hydrogens (tertiary/aromatic N) is 1. The number of nitrogens with one attached hydrogen (secondary N) is 1. The van der Waals surface area contributed by atoms with Gasteiger partial charge in [-0.15, -0.1) is 0 Å². The van der Waals surface area contributed by atoms with Crippen molar-refractivity contribution in [2.45, 2.75) is 20.0 Å². The Labute approximate surface area is 138 Å². The van der Waals surface area contributed by atoms with Crippen molar-refractivity contribution in [3.05, 3.63) is 64.2 Å². The molecule has 0 fully saturated rings. The molecule has 0 aliphatic rings. The van der Waals surface area contributed by atoms with Crippen LogP contribution in [0.15, 0.2) is 48.5 Å². The number of nitro benzene ring substituents is 1. The first-order chi connectivity index (χ1) is 11.4. The molecule has 1 amide bonds.